The van der Waals surface area contributed by atoms with Gasteiger partial charge < -0.3 is 14.5 Å². The lowest BCUT2D eigenvalue weighted by Crippen LogP contribution is -2.35. The predicted octanol–water partition coefficient (Wildman–Crippen LogP) is 1.80. The number of methoxy groups -OCH3 is 1. The Morgan fingerprint density at radius 1 is 1.10 bits per heavy atom. The van der Waals surface area contributed by atoms with E-state index in [1.54, 1.807) is 7.11 Å². The average Bonchev–Trinajstić information content (AvgIpc) is 2.69. The first-order valence-corrected chi connectivity index (χ1v) is 7.82. The number of amides is 1. The van der Waals surface area contributed by atoms with Crippen LogP contribution in [0.4, 0.5) is 0 Å². The SMILES string of the molecule is COCCN1CCN(CCCc2ccccc2)CCC1=O. The van der Waals surface area contributed by atoms with Gasteiger partial charge >= 0.3 is 0 Å². The number of aryl methyl sites for hydroxylation is 1. The highest BCUT2D eigenvalue weighted by Gasteiger charge is 2.19. The second kappa shape index (κ2) is 8.80. The third-order valence-electron chi connectivity index (χ3n) is 4.03. The Morgan fingerprint density at radius 2 is 1.90 bits per heavy atom. The van der Waals surface area contributed by atoms with Crippen molar-refractivity contribution in [2.24, 2.45) is 0 Å². The molecule has 0 bridgehead atoms. The summed E-state index contributed by atoms with van der Waals surface area (Å²) in [6, 6.07) is 10.6. The van der Waals surface area contributed by atoms with Gasteiger partial charge in [0, 0.05) is 39.7 Å². The van der Waals surface area contributed by atoms with Crippen LogP contribution in [0, 0.1) is 0 Å². The van der Waals surface area contributed by atoms with Gasteiger partial charge in [-0.2, -0.15) is 0 Å². The standard InChI is InChI=1S/C17H26N2O2/c1-21-15-14-19-13-12-18(11-9-17(19)20)10-5-8-16-6-3-2-4-7-16/h2-4,6-7H,5,8-15H2,1H3. The summed E-state index contributed by atoms with van der Waals surface area (Å²) >= 11 is 0. The number of benzene rings is 1. The molecular weight excluding hydrogens is 264 g/mol. The van der Waals surface area contributed by atoms with Crippen LogP contribution in [0.25, 0.3) is 0 Å². The molecular formula is C17H26N2O2. The molecule has 0 unspecified atom stereocenters. The number of carbonyl (C=O) groups excluding carboxylic acids is 1. The van der Waals surface area contributed by atoms with Crippen LogP contribution in [0.1, 0.15) is 18.4 Å². The van der Waals surface area contributed by atoms with Crippen LogP contribution in [0.5, 0.6) is 0 Å². The Bertz CT molecular complexity index is 422. The van der Waals surface area contributed by atoms with Crippen molar-refractivity contribution in [1.82, 2.24) is 9.80 Å². The van der Waals surface area contributed by atoms with Crippen molar-refractivity contribution < 1.29 is 9.53 Å². The first-order valence-electron chi connectivity index (χ1n) is 7.82. The largest absolute Gasteiger partial charge is 0.383 e. The van der Waals surface area contributed by atoms with Gasteiger partial charge in [-0.3, -0.25) is 4.79 Å². The van der Waals surface area contributed by atoms with E-state index in [9.17, 15) is 4.79 Å². The van der Waals surface area contributed by atoms with Crippen LogP contribution < -0.4 is 0 Å². The molecule has 1 aromatic rings. The summed E-state index contributed by atoms with van der Waals surface area (Å²) < 4.78 is 5.07. The van der Waals surface area contributed by atoms with Crippen molar-refractivity contribution in [3.63, 3.8) is 0 Å². The second-order valence-electron chi connectivity index (χ2n) is 5.55. The molecule has 0 spiro atoms. The third-order valence-corrected chi connectivity index (χ3v) is 4.03. The first kappa shape index (κ1) is 16.0. The van der Waals surface area contributed by atoms with Crippen LogP contribution >= 0.6 is 0 Å². The monoisotopic (exact) mass is 290 g/mol. The summed E-state index contributed by atoms with van der Waals surface area (Å²) in [5.74, 6) is 0.262. The van der Waals surface area contributed by atoms with Gasteiger partial charge in [0.25, 0.3) is 0 Å². The van der Waals surface area contributed by atoms with E-state index in [-0.39, 0.29) is 5.91 Å². The lowest BCUT2D eigenvalue weighted by atomic mass is 10.1. The number of hydrogen-bond acceptors (Lipinski definition) is 3. The van der Waals surface area contributed by atoms with Gasteiger partial charge in [-0.25, -0.2) is 0 Å². The number of hydrogen-bond donors (Lipinski definition) is 0. The maximum atomic E-state index is 12.0. The number of ether oxygens (including phenoxy) is 1. The van der Waals surface area contributed by atoms with E-state index in [0.717, 1.165) is 39.0 Å². The van der Waals surface area contributed by atoms with E-state index in [2.05, 4.69) is 35.2 Å². The molecule has 1 aliphatic heterocycles. The lowest BCUT2D eigenvalue weighted by molar-refractivity contribution is -0.130. The minimum atomic E-state index is 0.262. The third kappa shape index (κ3) is 5.48. The Kier molecular flexibility index (Phi) is 6.70. The predicted molar refractivity (Wildman–Crippen MR) is 84.3 cm³/mol. The minimum Gasteiger partial charge on any atom is -0.383 e. The lowest BCUT2D eigenvalue weighted by Gasteiger charge is -2.21. The van der Waals surface area contributed by atoms with Gasteiger partial charge in [-0.1, -0.05) is 30.3 Å². The molecule has 1 aromatic carbocycles. The molecule has 1 amide bonds. The van der Waals surface area contributed by atoms with Crippen molar-refractivity contribution in [2.45, 2.75) is 19.3 Å². The van der Waals surface area contributed by atoms with E-state index in [1.807, 2.05) is 4.90 Å². The van der Waals surface area contributed by atoms with Gasteiger partial charge in [-0.15, -0.1) is 0 Å². The summed E-state index contributed by atoms with van der Waals surface area (Å²) in [6.45, 7) is 5.10. The molecule has 2 rings (SSSR count). The number of nitrogens with zero attached hydrogens (tertiary/aromatic N) is 2. The second-order valence-corrected chi connectivity index (χ2v) is 5.55. The van der Waals surface area contributed by atoms with Crippen LogP contribution in [-0.2, 0) is 16.0 Å². The maximum Gasteiger partial charge on any atom is 0.223 e. The topological polar surface area (TPSA) is 32.8 Å². The van der Waals surface area contributed by atoms with E-state index < -0.39 is 0 Å². The van der Waals surface area contributed by atoms with E-state index in [4.69, 9.17) is 4.74 Å². The van der Waals surface area contributed by atoms with Crippen molar-refractivity contribution >= 4 is 5.91 Å². The highest BCUT2D eigenvalue weighted by atomic mass is 16.5. The van der Waals surface area contributed by atoms with Crippen LogP contribution in [0.3, 0.4) is 0 Å². The molecule has 0 N–H and O–H groups in total. The zero-order valence-electron chi connectivity index (χ0n) is 13.0. The summed E-state index contributed by atoms with van der Waals surface area (Å²) in [7, 11) is 1.68. The molecule has 1 saturated heterocycles. The van der Waals surface area contributed by atoms with E-state index >= 15 is 0 Å². The molecule has 0 aliphatic carbocycles. The smallest absolute Gasteiger partial charge is 0.223 e. The average molecular weight is 290 g/mol. The van der Waals surface area contributed by atoms with Crippen LogP contribution in [0.2, 0.25) is 0 Å². The molecule has 21 heavy (non-hydrogen) atoms. The van der Waals surface area contributed by atoms with Gasteiger partial charge in [0.15, 0.2) is 0 Å². The highest BCUT2D eigenvalue weighted by molar-refractivity contribution is 5.76. The zero-order valence-corrected chi connectivity index (χ0v) is 13.0. The molecule has 4 nitrogen and oxygen atoms in total. The molecule has 4 heteroatoms. The molecule has 0 saturated carbocycles. The van der Waals surface area contributed by atoms with Gasteiger partial charge in [0.1, 0.15) is 0 Å². The minimum absolute atomic E-state index is 0.262. The molecule has 0 atom stereocenters. The Balaban J connectivity index is 1.71. The summed E-state index contributed by atoms with van der Waals surface area (Å²) in [5, 5.41) is 0. The molecule has 116 valence electrons. The first-order chi connectivity index (χ1) is 10.3. The quantitative estimate of drug-likeness (QED) is 0.767. The number of rotatable bonds is 7. The maximum absolute atomic E-state index is 12.0. The van der Waals surface area contributed by atoms with Crippen LogP contribution in [0.15, 0.2) is 30.3 Å². The molecule has 1 aliphatic rings. The zero-order chi connectivity index (χ0) is 14.9. The van der Waals surface area contributed by atoms with Crippen molar-refractivity contribution in [3.05, 3.63) is 35.9 Å². The molecule has 0 aromatic heterocycles. The molecule has 0 radical (unpaired) electrons. The summed E-state index contributed by atoms with van der Waals surface area (Å²) in [6.07, 6.45) is 2.89. The number of carbonyl (C=O) groups is 1. The highest BCUT2D eigenvalue weighted by Crippen LogP contribution is 2.08. The molecule has 1 fully saturated rings. The van der Waals surface area contributed by atoms with Crippen LogP contribution in [-0.4, -0.2) is 62.1 Å². The Labute approximate surface area is 127 Å². The van der Waals surface area contributed by atoms with Gasteiger partial charge in [-0.05, 0) is 24.9 Å². The Hall–Kier alpha value is -1.39. The molecule has 1 heterocycles. The summed E-state index contributed by atoms with van der Waals surface area (Å²) in [5.41, 5.74) is 1.39. The van der Waals surface area contributed by atoms with Crippen molar-refractivity contribution in [1.29, 1.82) is 0 Å². The normalized spacial score (nSPS) is 17.0. The fraction of sp³-hybridized carbons (Fsp3) is 0.588. The van der Waals surface area contributed by atoms with Gasteiger partial charge in [0.2, 0.25) is 5.91 Å². The Morgan fingerprint density at radius 3 is 2.67 bits per heavy atom. The fourth-order valence-corrected chi connectivity index (χ4v) is 2.72. The van der Waals surface area contributed by atoms with Gasteiger partial charge in [0.05, 0.1) is 6.61 Å². The fourth-order valence-electron chi connectivity index (χ4n) is 2.72. The van der Waals surface area contributed by atoms with E-state index in [1.165, 1.54) is 5.56 Å². The van der Waals surface area contributed by atoms with Crippen molar-refractivity contribution in [2.75, 3.05) is 46.4 Å². The summed E-state index contributed by atoms with van der Waals surface area (Å²) in [4.78, 5) is 16.3. The van der Waals surface area contributed by atoms with Crippen molar-refractivity contribution in [3.8, 4) is 0 Å². The van der Waals surface area contributed by atoms with E-state index in [0.29, 0.717) is 19.6 Å².